The van der Waals surface area contributed by atoms with Gasteiger partial charge in [-0.05, 0) is 19.3 Å². The van der Waals surface area contributed by atoms with E-state index in [1.807, 2.05) is 0 Å². The molecule has 0 saturated heterocycles. The summed E-state index contributed by atoms with van der Waals surface area (Å²) in [5.41, 5.74) is -0.137. The van der Waals surface area contributed by atoms with Crippen molar-refractivity contribution in [3.8, 4) is 0 Å². The van der Waals surface area contributed by atoms with Gasteiger partial charge in [0.05, 0.1) is 5.60 Å². The van der Waals surface area contributed by atoms with E-state index in [0.717, 1.165) is 19.3 Å². The molecule has 2 nitrogen and oxygen atoms in total. The zero-order chi connectivity index (χ0) is 21.5. The third kappa shape index (κ3) is 18.5. The third-order valence-corrected chi connectivity index (χ3v) is 6.90. The fraction of sp³-hybridized carbons (Fsp3) is 1.00. The summed E-state index contributed by atoms with van der Waals surface area (Å²) in [6, 6.07) is 0. The largest absolute Gasteiger partial charge is 0.327 e. The molecule has 0 atom stereocenters. The molecule has 3 heteroatoms. The van der Waals surface area contributed by atoms with E-state index in [9.17, 15) is 4.57 Å². The van der Waals surface area contributed by atoms with Gasteiger partial charge in [-0.15, -0.1) is 0 Å². The molecule has 0 saturated carbocycles. The summed E-state index contributed by atoms with van der Waals surface area (Å²) in [7, 11) is -0.114. The molecule has 0 aromatic carbocycles. The molecule has 0 aliphatic carbocycles. The molecule has 174 valence electrons. The Hall–Kier alpha value is 0.0600. The van der Waals surface area contributed by atoms with Gasteiger partial charge in [0.25, 0.3) is 0 Å². The van der Waals surface area contributed by atoms with Crippen LogP contribution in [0.2, 0.25) is 0 Å². The molecular formula is C26H53O2P. The van der Waals surface area contributed by atoms with Crippen LogP contribution in [0.5, 0.6) is 0 Å². The van der Waals surface area contributed by atoms with Crippen molar-refractivity contribution in [1.29, 1.82) is 0 Å². The van der Waals surface area contributed by atoms with Gasteiger partial charge in [0, 0.05) is 0 Å². The maximum Gasteiger partial charge on any atom is 0.327 e. The number of rotatable bonds is 24. The highest BCUT2D eigenvalue weighted by atomic mass is 31.1. The highest BCUT2D eigenvalue weighted by molar-refractivity contribution is 7.17. The Labute approximate surface area is 185 Å². The molecule has 0 aromatic heterocycles. The molecule has 0 spiro atoms. The lowest BCUT2D eigenvalue weighted by Gasteiger charge is -2.31. The highest BCUT2D eigenvalue weighted by Gasteiger charge is 2.30. The van der Waals surface area contributed by atoms with E-state index in [1.54, 1.807) is 0 Å². The fourth-order valence-corrected chi connectivity index (χ4v) is 4.88. The Morgan fingerprint density at radius 2 is 0.759 bits per heavy atom. The van der Waals surface area contributed by atoms with Gasteiger partial charge < -0.3 is 0 Å². The SMILES string of the molecule is CCCCCCCCCC(CCCCCCCC)(CCCCCCCC)OP=O. The van der Waals surface area contributed by atoms with Crippen LogP contribution in [0, 0.1) is 0 Å². The molecule has 0 N–H and O–H groups in total. The van der Waals surface area contributed by atoms with Gasteiger partial charge in [-0.25, -0.2) is 4.57 Å². The standard InChI is InChI=1S/C26H53O2P/c1-4-7-10-13-16-19-22-25-26(28-29-27,23-20-17-14-11-8-5-2)24-21-18-15-12-9-6-3/h4-25H2,1-3H3. The topological polar surface area (TPSA) is 26.3 Å². The summed E-state index contributed by atoms with van der Waals surface area (Å²) in [5, 5.41) is 0. The van der Waals surface area contributed by atoms with E-state index < -0.39 is 0 Å². The molecule has 0 radical (unpaired) electrons. The molecule has 0 heterocycles. The average Bonchev–Trinajstić information content (AvgIpc) is 2.72. The molecule has 0 unspecified atom stereocenters. The number of hydrogen-bond donors (Lipinski definition) is 0. The predicted octanol–water partition coefficient (Wildman–Crippen LogP) is 10.6. The van der Waals surface area contributed by atoms with Gasteiger partial charge in [-0.1, -0.05) is 143 Å². The highest BCUT2D eigenvalue weighted by Crippen LogP contribution is 2.35. The molecule has 0 bridgehead atoms. The van der Waals surface area contributed by atoms with Crippen molar-refractivity contribution in [2.45, 2.75) is 168 Å². The summed E-state index contributed by atoms with van der Waals surface area (Å²) < 4.78 is 17.4. The van der Waals surface area contributed by atoms with Gasteiger partial charge in [0.2, 0.25) is 0 Å². The second-order valence-electron chi connectivity index (χ2n) is 9.26. The number of unbranched alkanes of at least 4 members (excludes halogenated alkanes) is 16. The minimum atomic E-state index is -0.137. The van der Waals surface area contributed by atoms with Crippen molar-refractivity contribution < 1.29 is 9.09 Å². The van der Waals surface area contributed by atoms with E-state index in [4.69, 9.17) is 4.52 Å². The smallest absolute Gasteiger partial charge is 0.288 e. The lowest BCUT2D eigenvalue weighted by Crippen LogP contribution is -2.30. The zero-order valence-corrected chi connectivity index (χ0v) is 21.2. The molecular weight excluding hydrogens is 375 g/mol. The zero-order valence-electron chi connectivity index (χ0n) is 20.3. The first kappa shape index (κ1) is 29.1. The van der Waals surface area contributed by atoms with Crippen LogP contribution in [-0.4, -0.2) is 5.60 Å². The summed E-state index contributed by atoms with van der Waals surface area (Å²) in [5.74, 6) is 0. The van der Waals surface area contributed by atoms with Crippen LogP contribution in [0.25, 0.3) is 0 Å². The minimum absolute atomic E-state index is 0.114. The van der Waals surface area contributed by atoms with Crippen molar-refractivity contribution in [3.63, 3.8) is 0 Å². The molecule has 0 amide bonds. The fourth-order valence-electron chi connectivity index (χ4n) is 4.45. The van der Waals surface area contributed by atoms with E-state index >= 15 is 0 Å². The number of hydrogen-bond acceptors (Lipinski definition) is 2. The monoisotopic (exact) mass is 428 g/mol. The predicted molar refractivity (Wildman–Crippen MR) is 130 cm³/mol. The van der Waals surface area contributed by atoms with Crippen molar-refractivity contribution in [2.75, 3.05) is 0 Å². The van der Waals surface area contributed by atoms with Crippen molar-refractivity contribution in [2.24, 2.45) is 0 Å². The van der Waals surface area contributed by atoms with E-state index in [2.05, 4.69) is 20.8 Å². The van der Waals surface area contributed by atoms with Crippen LogP contribution in [0.1, 0.15) is 162 Å². The van der Waals surface area contributed by atoms with Crippen LogP contribution in [-0.2, 0) is 9.09 Å². The van der Waals surface area contributed by atoms with Crippen molar-refractivity contribution >= 4 is 8.69 Å². The Morgan fingerprint density at radius 1 is 0.483 bits per heavy atom. The molecule has 0 rings (SSSR count). The first-order valence-corrected chi connectivity index (χ1v) is 14.0. The van der Waals surface area contributed by atoms with E-state index in [1.165, 1.54) is 122 Å². The van der Waals surface area contributed by atoms with Gasteiger partial charge in [-0.3, -0.25) is 4.52 Å². The quantitative estimate of drug-likeness (QED) is 0.113. The van der Waals surface area contributed by atoms with Crippen molar-refractivity contribution in [1.82, 2.24) is 0 Å². The van der Waals surface area contributed by atoms with Crippen LogP contribution >= 0.6 is 8.69 Å². The molecule has 29 heavy (non-hydrogen) atoms. The molecule has 0 fully saturated rings. The Morgan fingerprint density at radius 3 is 1.03 bits per heavy atom. The van der Waals surface area contributed by atoms with E-state index in [0.29, 0.717) is 0 Å². The summed E-state index contributed by atoms with van der Waals surface area (Å²) in [6.07, 6.45) is 28.4. The summed E-state index contributed by atoms with van der Waals surface area (Å²) in [4.78, 5) is 0. The molecule has 0 aliphatic rings. The maximum absolute atomic E-state index is 11.5. The van der Waals surface area contributed by atoms with Crippen LogP contribution in [0.15, 0.2) is 0 Å². The van der Waals surface area contributed by atoms with Gasteiger partial charge in [0.15, 0.2) is 0 Å². The Bertz CT molecular complexity index is 317. The van der Waals surface area contributed by atoms with Gasteiger partial charge in [-0.2, -0.15) is 0 Å². The lowest BCUT2D eigenvalue weighted by molar-refractivity contribution is 0.0466. The second kappa shape index (κ2) is 22.7. The molecule has 0 aromatic rings. The first-order chi connectivity index (χ1) is 14.2. The normalized spacial score (nSPS) is 12.1. The van der Waals surface area contributed by atoms with Crippen molar-refractivity contribution in [3.05, 3.63) is 0 Å². The van der Waals surface area contributed by atoms with E-state index in [-0.39, 0.29) is 14.3 Å². The lowest BCUT2D eigenvalue weighted by atomic mass is 9.85. The second-order valence-corrected chi connectivity index (χ2v) is 9.59. The van der Waals surface area contributed by atoms with Crippen LogP contribution < -0.4 is 0 Å². The van der Waals surface area contributed by atoms with Crippen LogP contribution in [0.3, 0.4) is 0 Å². The Balaban J connectivity index is 4.40. The van der Waals surface area contributed by atoms with Gasteiger partial charge in [0.1, 0.15) is 0 Å². The summed E-state index contributed by atoms with van der Waals surface area (Å²) in [6.45, 7) is 6.82. The Kier molecular flexibility index (Phi) is 22.8. The minimum Gasteiger partial charge on any atom is -0.288 e. The third-order valence-electron chi connectivity index (χ3n) is 6.44. The van der Waals surface area contributed by atoms with Crippen LogP contribution in [0.4, 0.5) is 0 Å². The molecule has 0 aliphatic heterocycles. The van der Waals surface area contributed by atoms with Gasteiger partial charge >= 0.3 is 8.69 Å². The average molecular weight is 429 g/mol. The summed E-state index contributed by atoms with van der Waals surface area (Å²) >= 11 is 0. The first-order valence-electron chi connectivity index (χ1n) is 13.3. The maximum atomic E-state index is 11.5.